The third-order valence-electron chi connectivity index (χ3n) is 13.2. The highest BCUT2D eigenvalue weighted by Crippen LogP contribution is 2.26. The summed E-state index contributed by atoms with van der Waals surface area (Å²) in [4.78, 5) is 13.2. The highest BCUT2D eigenvalue weighted by Gasteiger charge is 2.48. The SMILES string of the molecule is CCCCCCCCCCCCCCCC/C=C/C(O)C(COC1OC(CO)C(O)C(OS(=O)(=O)O)C1O)NC(=O)C(O)CCCCCCCCCCCCCCCCCCCCCCC. The normalized spacial score (nSPS) is 20.5. The number of ether oxygens (including phenoxy) is 2. The molecule has 1 heterocycles. The van der Waals surface area contributed by atoms with Crippen LogP contribution >= 0.6 is 0 Å². The molecular weight excluding hydrogens is 863 g/mol. The van der Waals surface area contributed by atoms with E-state index in [1.807, 2.05) is 6.08 Å². The fraction of sp³-hybridized carbons (Fsp3) is 0.942. The predicted octanol–water partition coefficient (Wildman–Crippen LogP) is 10.9. The Bertz CT molecular complexity index is 1240. The number of aliphatic hydroxyl groups is 5. The van der Waals surface area contributed by atoms with Crippen LogP contribution in [0.5, 0.6) is 0 Å². The summed E-state index contributed by atoms with van der Waals surface area (Å²) in [6.45, 7) is 3.26. The molecule has 1 amide bonds. The van der Waals surface area contributed by atoms with Crippen molar-refractivity contribution in [3.8, 4) is 0 Å². The number of carbonyl (C=O) groups is 1. The van der Waals surface area contributed by atoms with Crippen molar-refractivity contribution < 1.29 is 57.0 Å². The van der Waals surface area contributed by atoms with Crippen molar-refractivity contribution in [2.75, 3.05) is 13.2 Å². The second-order valence-corrected chi connectivity index (χ2v) is 20.4. The molecule has 1 fully saturated rings. The van der Waals surface area contributed by atoms with Crippen molar-refractivity contribution in [2.45, 2.75) is 300 Å². The van der Waals surface area contributed by atoms with E-state index in [4.69, 9.17) is 9.47 Å². The van der Waals surface area contributed by atoms with E-state index in [1.165, 1.54) is 180 Å². The van der Waals surface area contributed by atoms with E-state index in [9.17, 15) is 43.3 Å². The lowest BCUT2D eigenvalue weighted by atomic mass is 9.99. The van der Waals surface area contributed by atoms with Crippen LogP contribution in [0, 0.1) is 0 Å². The molecule has 0 bridgehead atoms. The molecule has 0 aromatic carbocycles. The van der Waals surface area contributed by atoms with E-state index in [2.05, 4.69) is 23.3 Å². The number of aliphatic hydroxyl groups excluding tert-OH is 5. The Hall–Kier alpha value is -1.20. The first-order chi connectivity index (χ1) is 31.9. The van der Waals surface area contributed by atoms with Gasteiger partial charge in [-0.2, -0.15) is 8.42 Å². The standard InChI is InChI=1S/C52H101NO12S/c1-3-5-7-9-11-13-15-17-19-21-22-23-24-25-27-29-31-33-35-37-39-41-46(56)51(59)53-44(43-63-52-49(58)50(65-66(60,61)62)48(57)47(42-54)64-52)45(55)40-38-36-34-32-30-28-26-20-18-16-14-12-10-8-6-4-2/h38,40,44-50,52,54-58H,3-37,39,41-43H2,1-2H3,(H,53,59)(H,60,61,62)/b40-38+. The van der Waals surface area contributed by atoms with Gasteiger partial charge in [0.2, 0.25) is 5.91 Å². The maximum Gasteiger partial charge on any atom is 0.397 e. The molecule has 1 rings (SSSR count). The topological polar surface area (TPSA) is 212 Å². The quantitative estimate of drug-likeness (QED) is 0.0172. The molecule has 14 heteroatoms. The Morgan fingerprint density at radius 2 is 0.985 bits per heavy atom. The molecule has 8 atom stereocenters. The van der Waals surface area contributed by atoms with Gasteiger partial charge in [0.15, 0.2) is 6.29 Å². The van der Waals surface area contributed by atoms with Crippen LogP contribution in [0.25, 0.3) is 0 Å². The molecule has 7 N–H and O–H groups in total. The zero-order valence-electron chi connectivity index (χ0n) is 41.9. The Balaban J connectivity index is 2.45. The first-order valence-corrected chi connectivity index (χ1v) is 28.5. The highest BCUT2D eigenvalue weighted by atomic mass is 32.3. The van der Waals surface area contributed by atoms with Crippen molar-refractivity contribution in [3.63, 3.8) is 0 Å². The summed E-state index contributed by atoms with van der Waals surface area (Å²) in [5.41, 5.74) is 0. The van der Waals surface area contributed by atoms with E-state index in [1.54, 1.807) is 6.08 Å². The zero-order valence-corrected chi connectivity index (χ0v) is 42.7. The summed E-state index contributed by atoms with van der Waals surface area (Å²) < 4.78 is 47.7. The summed E-state index contributed by atoms with van der Waals surface area (Å²) in [7, 11) is -5.12. The third kappa shape index (κ3) is 34.2. The van der Waals surface area contributed by atoms with Gasteiger partial charge in [-0.05, 0) is 19.3 Å². The smallest absolute Gasteiger partial charge is 0.394 e. The van der Waals surface area contributed by atoms with Crippen molar-refractivity contribution in [1.82, 2.24) is 5.32 Å². The van der Waals surface area contributed by atoms with Crippen LogP contribution in [-0.2, 0) is 28.9 Å². The minimum Gasteiger partial charge on any atom is -0.394 e. The lowest BCUT2D eigenvalue weighted by molar-refractivity contribution is -0.298. The lowest BCUT2D eigenvalue weighted by Crippen LogP contribution is -2.61. The molecule has 8 unspecified atom stereocenters. The van der Waals surface area contributed by atoms with Crippen LogP contribution in [-0.4, -0.2) is 107 Å². The largest absolute Gasteiger partial charge is 0.397 e. The summed E-state index contributed by atoms with van der Waals surface area (Å²) >= 11 is 0. The Morgan fingerprint density at radius 3 is 1.36 bits per heavy atom. The molecular formula is C52H101NO12S. The van der Waals surface area contributed by atoms with E-state index in [-0.39, 0.29) is 6.42 Å². The average Bonchev–Trinajstić information content (AvgIpc) is 3.29. The van der Waals surface area contributed by atoms with Crippen LogP contribution < -0.4 is 5.32 Å². The minimum absolute atomic E-state index is 0.249. The van der Waals surface area contributed by atoms with E-state index in [0.717, 1.165) is 38.5 Å². The van der Waals surface area contributed by atoms with Crippen LogP contribution in [0.4, 0.5) is 0 Å². The number of hydrogen-bond acceptors (Lipinski definition) is 11. The fourth-order valence-corrected chi connectivity index (χ4v) is 9.38. The van der Waals surface area contributed by atoms with E-state index in [0.29, 0.717) is 12.8 Å². The van der Waals surface area contributed by atoms with Crippen LogP contribution in [0.15, 0.2) is 12.2 Å². The Kier molecular flexibility index (Phi) is 40.6. The number of allylic oxidation sites excluding steroid dienone is 1. The predicted molar refractivity (Wildman–Crippen MR) is 265 cm³/mol. The average molecular weight is 964 g/mol. The summed E-state index contributed by atoms with van der Waals surface area (Å²) in [6.07, 6.45) is 37.1. The van der Waals surface area contributed by atoms with Gasteiger partial charge in [0.25, 0.3) is 0 Å². The molecule has 1 aliphatic rings. The third-order valence-corrected chi connectivity index (χ3v) is 13.6. The molecule has 0 aromatic rings. The number of hydrogen-bond donors (Lipinski definition) is 7. The molecule has 0 aliphatic carbocycles. The van der Waals surface area contributed by atoms with Gasteiger partial charge in [0, 0.05) is 0 Å². The number of amides is 1. The Labute approximate surface area is 403 Å². The van der Waals surface area contributed by atoms with Gasteiger partial charge >= 0.3 is 10.4 Å². The Morgan fingerprint density at radius 1 is 0.606 bits per heavy atom. The molecule has 0 aromatic heterocycles. The van der Waals surface area contributed by atoms with Crippen molar-refractivity contribution >= 4 is 16.3 Å². The van der Waals surface area contributed by atoms with E-state index < -0.39 is 78.5 Å². The van der Waals surface area contributed by atoms with Crippen molar-refractivity contribution in [3.05, 3.63) is 12.2 Å². The zero-order chi connectivity index (χ0) is 48.5. The van der Waals surface area contributed by atoms with Crippen LogP contribution in [0.2, 0.25) is 0 Å². The van der Waals surface area contributed by atoms with Crippen molar-refractivity contribution in [1.29, 1.82) is 0 Å². The van der Waals surface area contributed by atoms with Gasteiger partial charge < -0.3 is 40.3 Å². The molecule has 0 spiro atoms. The van der Waals surface area contributed by atoms with Crippen LogP contribution in [0.1, 0.15) is 251 Å². The molecule has 0 saturated carbocycles. The second kappa shape index (κ2) is 42.7. The van der Waals surface area contributed by atoms with Gasteiger partial charge in [0.1, 0.15) is 30.5 Å². The van der Waals surface area contributed by atoms with E-state index >= 15 is 0 Å². The van der Waals surface area contributed by atoms with Gasteiger partial charge in [-0.25, -0.2) is 4.18 Å². The first kappa shape index (κ1) is 62.8. The number of nitrogens with one attached hydrogen (secondary N) is 1. The summed E-state index contributed by atoms with van der Waals surface area (Å²) in [5, 5.41) is 55.4. The minimum atomic E-state index is -5.12. The highest BCUT2D eigenvalue weighted by molar-refractivity contribution is 7.80. The number of rotatable bonds is 47. The maximum absolute atomic E-state index is 13.2. The molecule has 1 saturated heterocycles. The van der Waals surface area contributed by atoms with Crippen molar-refractivity contribution in [2.24, 2.45) is 0 Å². The molecule has 66 heavy (non-hydrogen) atoms. The molecule has 1 aliphatic heterocycles. The first-order valence-electron chi connectivity index (χ1n) is 27.2. The molecule has 392 valence electrons. The van der Waals surface area contributed by atoms with Gasteiger partial charge in [-0.15, -0.1) is 0 Å². The summed E-state index contributed by atoms with van der Waals surface area (Å²) in [5.74, 6) is -0.697. The molecule has 0 radical (unpaired) electrons. The second-order valence-electron chi connectivity index (χ2n) is 19.3. The maximum atomic E-state index is 13.2. The summed E-state index contributed by atoms with van der Waals surface area (Å²) in [6, 6.07) is -1.12. The number of carbonyl (C=O) groups excluding carboxylic acids is 1. The van der Waals surface area contributed by atoms with Gasteiger partial charge in [0.05, 0.1) is 25.4 Å². The molecule has 13 nitrogen and oxygen atoms in total. The van der Waals surface area contributed by atoms with Crippen LogP contribution in [0.3, 0.4) is 0 Å². The van der Waals surface area contributed by atoms with Gasteiger partial charge in [-0.1, -0.05) is 244 Å². The number of unbranched alkanes of at least 4 members (excludes halogenated alkanes) is 34. The lowest BCUT2D eigenvalue weighted by Gasteiger charge is -2.41. The van der Waals surface area contributed by atoms with Gasteiger partial charge in [-0.3, -0.25) is 9.35 Å². The fourth-order valence-electron chi connectivity index (χ4n) is 8.88. The monoisotopic (exact) mass is 964 g/mol.